The fraction of sp³-hybridized carbons (Fsp3) is 0.364. The van der Waals surface area contributed by atoms with Gasteiger partial charge < -0.3 is 15.0 Å². The van der Waals surface area contributed by atoms with Crippen LogP contribution in [0.4, 0.5) is 4.39 Å². The van der Waals surface area contributed by atoms with Gasteiger partial charge in [-0.2, -0.15) is 0 Å². The summed E-state index contributed by atoms with van der Waals surface area (Å²) in [6, 6.07) is 13.7. The molecular weight excluding hydrogens is 359 g/mol. The maximum absolute atomic E-state index is 13.0. The summed E-state index contributed by atoms with van der Waals surface area (Å²) in [6.45, 7) is 3.07. The molecule has 0 bridgehead atoms. The third kappa shape index (κ3) is 4.50. The van der Waals surface area contributed by atoms with Crippen molar-refractivity contribution in [3.63, 3.8) is 0 Å². The number of methoxy groups -OCH3 is 1. The highest BCUT2D eigenvalue weighted by molar-refractivity contribution is 5.83. The highest BCUT2D eigenvalue weighted by Crippen LogP contribution is 2.34. The molecule has 1 heterocycles. The van der Waals surface area contributed by atoms with Crippen molar-refractivity contribution < 1.29 is 18.7 Å². The number of likely N-dealkylation sites (tertiary alicyclic amines) is 1. The SMILES string of the molecule is CCC(=O)N1C[C@H](c2ccc(OC)cc2)[C@H](C(=O)NCc2ccc(F)cc2)C1. The number of carbonyl (C=O) groups excluding carboxylic acids is 2. The van der Waals surface area contributed by atoms with Crippen molar-refractivity contribution in [1.82, 2.24) is 10.2 Å². The van der Waals surface area contributed by atoms with Crippen molar-refractivity contribution in [1.29, 1.82) is 0 Å². The molecule has 0 radical (unpaired) electrons. The number of hydrogen-bond donors (Lipinski definition) is 1. The normalized spacial score (nSPS) is 18.8. The van der Waals surface area contributed by atoms with E-state index in [1.54, 1.807) is 24.1 Å². The summed E-state index contributed by atoms with van der Waals surface area (Å²) in [7, 11) is 1.61. The summed E-state index contributed by atoms with van der Waals surface area (Å²) in [5, 5.41) is 2.94. The Bertz CT molecular complexity index is 821. The van der Waals surface area contributed by atoms with E-state index in [0.29, 0.717) is 26.1 Å². The highest BCUT2D eigenvalue weighted by Gasteiger charge is 2.39. The average Bonchev–Trinajstić information content (AvgIpc) is 3.18. The van der Waals surface area contributed by atoms with Crippen LogP contribution in [-0.2, 0) is 16.1 Å². The van der Waals surface area contributed by atoms with Crippen LogP contribution in [0.3, 0.4) is 0 Å². The number of rotatable bonds is 6. The Hall–Kier alpha value is -2.89. The van der Waals surface area contributed by atoms with Crippen LogP contribution >= 0.6 is 0 Å². The molecule has 28 heavy (non-hydrogen) atoms. The first-order valence-corrected chi connectivity index (χ1v) is 9.45. The van der Waals surface area contributed by atoms with Crippen LogP contribution in [0.15, 0.2) is 48.5 Å². The first-order chi connectivity index (χ1) is 13.5. The van der Waals surface area contributed by atoms with Gasteiger partial charge in [0.05, 0.1) is 13.0 Å². The molecule has 2 aromatic carbocycles. The van der Waals surface area contributed by atoms with Crippen LogP contribution < -0.4 is 10.1 Å². The molecule has 0 saturated carbocycles. The second kappa shape index (κ2) is 8.87. The van der Waals surface area contributed by atoms with E-state index in [1.807, 2.05) is 31.2 Å². The number of benzene rings is 2. The monoisotopic (exact) mass is 384 g/mol. The van der Waals surface area contributed by atoms with Gasteiger partial charge in [0, 0.05) is 32.0 Å². The topological polar surface area (TPSA) is 58.6 Å². The molecule has 148 valence electrons. The van der Waals surface area contributed by atoms with E-state index in [9.17, 15) is 14.0 Å². The van der Waals surface area contributed by atoms with Crippen molar-refractivity contribution in [3.8, 4) is 5.75 Å². The lowest BCUT2D eigenvalue weighted by atomic mass is 9.88. The Kier molecular flexibility index (Phi) is 6.29. The maximum atomic E-state index is 13.0. The molecule has 2 aromatic rings. The third-order valence-electron chi connectivity index (χ3n) is 5.24. The second-order valence-corrected chi connectivity index (χ2v) is 6.98. The molecule has 0 aliphatic carbocycles. The second-order valence-electron chi connectivity index (χ2n) is 6.98. The van der Waals surface area contributed by atoms with Gasteiger partial charge in [0.15, 0.2) is 0 Å². The highest BCUT2D eigenvalue weighted by atomic mass is 19.1. The summed E-state index contributed by atoms with van der Waals surface area (Å²) in [6.07, 6.45) is 0.416. The van der Waals surface area contributed by atoms with Gasteiger partial charge in [0.1, 0.15) is 11.6 Å². The largest absolute Gasteiger partial charge is 0.497 e. The van der Waals surface area contributed by atoms with Crippen LogP contribution in [0.1, 0.15) is 30.4 Å². The van der Waals surface area contributed by atoms with Gasteiger partial charge in [-0.3, -0.25) is 9.59 Å². The summed E-state index contributed by atoms with van der Waals surface area (Å²) in [5.74, 6) is -0.0115. The summed E-state index contributed by atoms with van der Waals surface area (Å²) in [5.41, 5.74) is 1.84. The van der Waals surface area contributed by atoms with Crippen molar-refractivity contribution in [2.24, 2.45) is 5.92 Å². The molecule has 0 unspecified atom stereocenters. The summed E-state index contributed by atoms with van der Waals surface area (Å²) < 4.78 is 18.3. The van der Waals surface area contributed by atoms with Crippen molar-refractivity contribution in [3.05, 3.63) is 65.5 Å². The van der Waals surface area contributed by atoms with Crippen LogP contribution in [0, 0.1) is 11.7 Å². The number of nitrogens with zero attached hydrogens (tertiary/aromatic N) is 1. The minimum Gasteiger partial charge on any atom is -0.497 e. The molecule has 0 spiro atoms. The fourth-order valence-corrected chi connectivity index (χ4v) is 3.61. The van der Waals surface area contributed by atoms with Gasteiger partial charge in [-0.05, 0) is 35.4 Å². The minimum atomic E-state index is -0.329. The van der Waals surface area contributed by atoms with E-state index in [0.717, 1.165) is 16.9 Å². The van der Waals surface area contributed by atoms with Gasteiger partial charge in [0.2, 0.25) is 11.8 Å². The van der Waals surface area contributed by atoms with Gasteiger partial charge in [-0.15, -0.1) is 0 Å². The zero-order valence-corrected chi connectivity index (χ0v) is 16.2. The maximum Gasteiger partial charge on any atom is 0.225 e. The Morgan fingerprint density at radius 3 is 2.39 bits per heavy atom. The van der Waals surface area contributed by atoms with Crippen LogP contribution in [0.5, 0.6) is 5.75 Å². The molecule has 0 aromatic heterocycles. The molecule has 3 rings (SSSR count). The molecule has 1 N–H and O–H groups in total. The zero-order chi connectivity index (χ0) is 20.1. The first kappa shape index (κ1) is 19.9. The number of amides is 2. The fourth-order valence-electron chi connectivity index (χ4n) is 3.61. The molecule has 1 saturated heterocycles. The van der Waals surface area contributed by atoms with E-state index < -0.39 is 0 Å². The molecule has 5 nitrogen and oxygen atoms in total. The summed E-state index contributed by atoms with van der Waals surface area (Å²) in [4.78, 5) is 26.9. The predicted molar refractivity (Wildman–Crippen MR) is 104 cm³/mol. The summed E-state index contributed by atoms with van der Waals surface area (Å²) >= 11 is 0. The lowest BCUT2D eigenvalue weighted by Gasteiger charge is -2.18. The van der Waals surface area contributed by atoms with E-state index in [2.05, 4.69) is 5.32 Å². The van der Waals surface area contributed by atoms with E-state index in [4.69, 9.17) is 4.74 Å². The van der Waals surface area contributed by atoms with Crippen molar-refractivity contribution in [2.75, 3.05) is 20.2 Å². The van der Waals surface area contributed by atoms with E-state index >= 15 is 0 Å². The molecule has 1 aliphatic heterocycles. The minimum absolute atomic E-state index is 0.0485. The molecule has 6 heteroatoms. The lowest BCUT2D eigenvalue weighted by molar-refractivity contribution is -0.130. The molecule has 2 atom stereocenters. The van der Waals surface area contributed by atoms with E-state index in [-0.39, 0.29) is 29.5 Å². The Labute approximate surface area is 164 Å². The molecule has 1 fully saturated rings. The average molecular weight is 384 g/mol. The third-order valence-corrected chi connectivity index (χ3v) is 5.24. The number of hydrogen-bond acceptors (Lipinski definition) is 3. The Morgan fingerprint density at radius 1 is 1.11 bits per heavy atom. The van der Waals surface area contributed by atoms with Crippen LogP contribution in [-0.4, -0.2) is 36.9 Å². The number of halogens is 1. The van der Waals surface area contributed by atoms with Gasteiger partial charge in [-0.1, -0.05) is 31.2 Å². The number of carbonyl (C=O) groups is 2. The Morgan fingerprint density at radius 2 is 1.79 bits per heavy atom. The predicted octanol–water partition coefficient (Wildman–Crippen LogP) is 3.10. The lowest BCUT2D eigenvalue weighted by Crippen LogP contribution is -2.35. The van der Waals surface area contributed by atoms with Gasteiger partial charge >= 0.3 is 0 Å². The van der Waals surface area contributed by atoms with Crippen LogP contribution in [0.25, 0.3) is 0 Å². The first-order valence-electron chi connectivity index (χ1n) is 9.45. The van der Waals surface area contributed by atoms with Crippen molar-refractivity contribution >= 4 is 11.8 Å². The van der Waals surface area contributed by atoms with E-state index in [1.165, 1.54) is 12.1 Å². The molecule has 2 amide bonds. The van der Waals surface area contributed by atoms with Crippen LogP contribution in [0.2, 0.25) is 0 Å². The standard InChI is InChI=1S/C22H25FN2O3/c1-3-21(26)25-13-19(16-6-10-18(28-2)11-7-16)20(14-25)22(27)24-12-15-4-8-17(23)9-5-15/h4-11,19-20H,3,12-14H2,1-2H3,(H,24,27)/t19-,20-/m1/s1. The molecular formula is C22H25FN2O3. The number of ether oxygens (including phenoxy) is 1. The molecule has 1 aliphatic rings. The smallest absolute Gasteiger partial charge is 0.225 e. The quantitative estimate of drug-likeness (QED) is 0.833. The van der Waals surface area contributed by atoms with Gasteiger partial charge in [-0.25, -0.2) is 4.39 Å². The zero-order valence-electron chi connectivity index (χ0n) is 16.2. The van der Waals surface area contributed by atoms with Crippen molar-refractivity contribution in [2.45, 2.75) is 25.8 Å². The Balaban J connectivity index is 1.74. The number of nitrogens with one attached hydrogen (secondary N) is 1. The van der Waals surface area contributed by atoms with Gasteiger partial charge in [0.25, 0.3) is 0 Å².